The summed E-state index contributed by atoms with van der Waals surface area (Å²) in [5.74, 6) is -0.717. The molecule has 1 aromatic rings. The van der Waals surface area contributed by atoms with Gasteiger partial charge >= 0.3 is 5.51 Å². The van der Waals surface area contributed by atoms with E-state index in [-0.39, 0.29) is 0 Å². The van der Waals surface area contributed by atoms with Crippen molar-refractivity contribution in [2.75, 3.05) is 0 Å². The molecule has 1 aromatic carbocycles. The van der Waals surface area contributed by atoms with E-state index in [0.29, 0.717) is 0 Å². The fourth-order valence-corrected chi connectivity index (χ4v) is 2.96. The van der Waals surface area contributed by atoms with Crippen molar-refractivity contribution in [3.8, 4) is 0 Å². The topological polar surface area (TPSA) is 34.1 Å². The SMILES string of the molecule is O=S(=O)(SC(F)(F)F)c1ccc(F)cc1. The molecule has 2 nitrogen and oxygen atoms in total. The van der Waals surface area contributed by atoms with E-state index in [1.165, 1.54) is 0 Å². The van der Waals surface area contributed by atoms with Crippen molar-refractivity contribution in [1.29, 1.82) is 0 Å². The monoisotopic (exact) mass is 260 g/mol. The molecule has 0 saturated heterocycles. The van der Waals surface area contributed by atoms with Gasteiger partial charge < -0.3 is 0 Å². The molecule has 1 rings (SSSR count). The molecule has 0 aromatic heterocycles. The summed E-state index contributed by atoms with van der Waals surface area (Å²) in [4.78, 5) is -0.578. The first kappa shape index (κ1) is 12.3. The Hall–Kier alpha value is -0.760. The first-order valence-electron chi connectivity index (χ1n) is 3.49. The van der Waals surface area contributed by atoms with Crippen LogP contribution in [0.25, 0.3) is 0 Å². The van der Waals surface area contributed by atoms with Gasteiger partial charge in [0.1, 0.15) is 5.82 Å². The summed E-state index contributed by atoms with van der Waals surface area (Å²) >= 11 is 0. The summed E-state index contributed by atoms with van der Waals surface area (Å²) in [5.41, 5.74) is -4.88. The highest BCUT2D eigenvalue weighted by atomic mass is 33.1. The van der Waals surface area contributed by atoms with Crippen LogP contribution in [0, 0.1) is 5.82 Å². The molecule has 0 spiro atoms. The number of rotatable bonds is 2. The maximum Gasteiger partial charge on any atom is 0.456 e. The van der Waals surface area contributed by atoms with E-state index in [0.717, 1.165) is 24.3 Å². The van der Waals surface area contributed by atoms with Crippen molar-refractivity contribution in [2.24, 2.45) is 0 Å². The van der Waals surface area contributed by atoms with Crippen molar-refractivity contribution in [1.82, 2.24) is 0 Å². The van der Waals surface area contributed by atoms with Crippen LogP contribution in [0.15, 0.2) is 29.2 Å². The lowest BCUT2D eigenvalue weighted by Crippen LogP contribution is -2.07. The average molecular weight is 260 g/mol. The molecule has 0 radical (unpaired) electrons. The molecule has 0 heterocycles. The maximum absolute atomic E-state index is 12.4. The molecule has 0 aliphatic rings. The molecule has 0 atom stereocenters. The highest BCUT2D eigenvalue weighted by Gasteiger charge is 2.37. The molecule has 0 saturated carbocycles. The molecule has 0 N–H and O–H groups in total. The molecule has 0 unspecified atom stereocenters. The fourth-order valence-electron chi connectivity index (χ4n) is 0.774. The summed E-state index contributed by atoms with van der Waals surface area (Å²) in [7, 11) is -5.64. The quantitative estimate of drug-likeness (QED) is 0.605. The lowest BCUT2D eigenvalue weighted by molar-refractivity contribution is -0.0312. The molecule has 0 bridgehead atoms. The molecule has 0 aliphatic heterocycles. The summed E-state index contributed by atoms with van der Waals surface area (Å²) in [6, 6.07) is 3.13. The highest BCUT2D eigenvalue weighted by Crippen LogP contribution is 2.38. The van der Waals surface area contributed by atoms with Crippen molar-refractivity contribution < 1.29 is 26.0 Å². The molecular formula is C7H4F4O2S2. The Morgan fingerprint density at radius 1 is 1.07 bits per heavy atom. The van der Waals surface area contributed by atoms with Gasteiger partial charge in [-0.2, -0.15) is 13.2 Å². The second-order valence-electron chi connectivity index (χ2n) is 2.44. The summed E-state index contributed by atoms with van der Waals surface area (Å²) in [6.45, 7) is 0. The molecule has 0 aliphatic carbocycles. The van der Waals surface area contributed by atoms with Gasteiger partial charge in [-0.15, -0.1) is 0 Å². The van der Waals surface area contributed by atoms with Crippen LogP contribution in [0.5, 0.6) is 0 Å². The van der Waals surface area contributed by atoms with Crippen molar-refractivity contribution >= 4 is 19.7 Å². The zero-order valence-electron chi connectivity index (χ0n) is 6.95. The average Bonchev–Trinajstić information content (AvgIpc) is 2.00. The highest BCUT2D eigenvalue weighted by molar-refractivity contribution is 8.72. The predicted octanol–water partition coefficient (Wildman–Crippen LogP) is 2.77. The smallest absolute Gasteiger partial charge is 0.212 e. The van der Waals surface area contributed by atoms with Gasteiger partial charge in [-0.25, -0.2) is 12.8 Å². The lowest BCUT2D eigenvalue weighted by Gasteiger charge is -2.05. The largest absolute Gasteiger partial charge is 0.456 e. The number of benzene rings is 1. The van der Waals surface area contributed by atoms with Crippen molar-refractivity contribution in [2.45, 2.75) is 10.4 Å². The minimum absolute atomic E-state index is 0.578. The van der Waals surface area contributed by atoms with Gasteiger partial charge in [0, 0.05) is 0 Å². The van der Waals surface area contributed by atoms with E-state index < -0.39 is 35.9 Å². The minimum Gasteiger partial charge on any atom is -0.212 e. The van der Waals surface area contributed by atoms with Gasteiger partial charge in [-0.3, -0.25) is 0 Å². The number of hydrogen-bond donors (Lipinski definition) is 0. The first-order chi connectivity index (χ1) is 6.71. The molecule has 15 heavy (non-hydrogen) atoms. The summed E-state index contributed by atoms with van der Waals surface area (Å²) in [5, 5.41) is 0. The third-order valence-electron chi connectivity index (χ3n) is 1.31. The van der Waals surface area contributed by atoms with Crippen LogP contribution in [0.3, 0.4) is 0 Å². The Morgan fingerprint density at radius 3 is 1.93 bits per heavy atom. The van der Waals surface area contributed by atoms with E-state index in [4.69, 9.17) is 0 Å². The van der Waals surface area contributed by atoms with Crippen LogP contribution in [-0.2, 0) is 8.87 Å². The van der Waals surface area contributed by atoms with Gasteiger partial charge in [0.25, 0.3) is 0 Å². The van der Waals surface area contributed by atoms with Crippen LogP contribution < -0.4 is 0 Å². The number of hydrogen-bond acceptors (Lipinski definition) is 3. The zero-order valence-corrected chi connectivity index (χ0v) is 8.59. The van der Waals surface area contributed by atoms with E-state index in [9.17, 15) is 26.0 Å². The van der Waals surface area contributed by atoms with Gasteiger partial charge in [-0.1, -0.05) is 0 Å². The first-order valence-corrected chi connectivity index (χ1v) is 6.30. The Labute approximate surface area is 86.6 Å². The van der Waals surface area contributed by atoms with Crippen LogP contribution in [0.4, 0.5) is 17.6 Å². The maximum atomic E-state index is 12.4. The third kappa shape index (κ3) is 3.71. The number of halogens is 4. The van der Waals surface area contributed by atoms with E-state index in [2.05, 4.69) is 0 Å². The zero-order chi connectivity index (χ0) is 11.7. The van der Waals surface area contributed by atoms with Gasteiger partial charge in [0.15, 0.2) is 0 Å². The standard InChI is InChI=1S/C7H4F4O2S2/c8-5-1-3-6(4-2-5)15(12,13)14-7(9,10)11/h1-4H. The second-order valence-corrected chi connectivity index (χ2v) is 6.26. The Balaban J connectivity index is 3.02. The number of alkyl halides is 3. The molecule has 0 fully saturated rings. The van der Waals surface area contributed by atoms with E-state index >= 15 is 0 Å². The van der Waals surface area contributed by atoms with Crippen LogP contribution >= 0.6 is 10.8 Å². The lowest BCUT2D eigenvalue weighted by atomic mass is 10.4. The van der Waals surface area contributed by atoms with Crippen molar-refractivity contribution in [3.05, 3.63) is 30.1 Å². The fraction of sp³-hybridized carbons (Fsp3) is 0.143. The van der Waals surface area contributed by atoms with Gasteiger partial charge in [-0.05, 0) is 24.3 Å². The normalized spacial score (nSPS) is 12.8. The van der Waals surface area contributed by atoms with Crippen LogP contribution in [0.1, 0.15) is 0 Å². The summed E-state index contributed by atoms with van der Waals surface area (Å²) in [6.07, 6.45) is 0. The van der Waals surface area contributed by atoms with Crippen LogP contribution in [0.2, 0.25) is 0 Å². The van der Waals surface area contributed by atoms with Gasteiger partial charge in [0.2, 0.25) is 8.87 Å². The Morgan fingerprint density at radius 2 is 1.53 bits per heavy atom. The molecule has 0 amide bonds. The van der Waals surface area contributed by atoms with Crippen molar-refractivity contribution in [3.63, 3.8) is 0 Å². The molecule has 8 heteroatoms. The molecule has 84 valence electrons. The van der Waals surface area contributed by atoms with Crippen LogP contribution in [-0.4, -0.2) is 13.9 Å². The molecular weight excluding hydrogens is 256 g/mol. The summed E-state index contributed by atoms with van der Waals surface area (Å²) < 4.78 is 70.0. The third-order valence-corrected chi connectivity index (χ3v) is 4.37. The van der Waals surface area contributed by atoms with E-state index in [1.54, 1.807) is 0 Å². The Kier molecular flexibility index (Phi) is 3.29. The minimum atomic E-state index is -4.88. The predicted molar refractivity (Wildman–Crippen MR) is 47.2 cm³/mol. The van der Waals surface area contributed by atoms with E-state index in [1.807, 2.05) is 0 Å². The van der Waals surface area contributed by atoms with Gasteiger partial charge in [0.05, 0.1) is 15.7 Å². The Bertz CT molecular complexity index is 435. The second kappa shape index (κ2) is 4.01.